The van der Waals surface area contributed by atoms with Crippen molar-refractivity contribution < 1.29 is 0 Å². The van der Waals surface area contributed by atoms with Gasteiger partial charge in [-0.25, -0.2) is 0 Å². The summed E-state index contributed by atoms with van der Waals surface area (Å²) >= 11 is 0. The average Bonchev–Trinajstić information content (AvgIpc) is 2.19. The van der Waals surface area contributed by atoms with Crippen LogP contribution in [0.1, 0.15) is 5.56 Å². The van der Waals surface area contributed by atoms with Gasteiger partial charge in [-0.2, -0.15) is 13.5 Å². The van der Waals surface area contributed by atoms with E-state index in [0.29, 0.717) is 0 Å². The van der Waals surface area contributed by atoms with Crippen molar-refractivity contribution >= 4 is 24.3 Å². The molecule has 2 aromatic carbocycles. The smallest absolute Gasteiger partial charge is 0.00940 e. The van der Waals surface area contributed by atoms with Gasteiger partial charge in [0.2, 0.25) is 0 Å². The number of rotatable bonds is 2. The summed E-state index contributed by atoms with van der Waals surface area (Å²) in [5.41, 5.74) is 1.35. The number of benzene rings is 2. The van der Waals surface area contributed by atoms with Crippen molar-refractivity contribution in [1.29, 1.82) is 0 Å². The molecule has 0 atom stereocenters. The quantitative estimate of drug-likeness (QED) is 0.652. The normalized spacial score (nSPS) is 9.43. The van der Waals surface area contributed by atoms with Crippen molar-refractivity contribution in [3.05, 3.63) is 60.7 Å². The van der Waals surface area contributed by atoms with Gasteiger partial charge in [0, 0.05) is 0 Å². The lowest BCUT2D eigenvalue weighted by Crippen LogP contribution is -1.82. The van der Waals surface area contributed by atoms with Crippen LogP contribution in [-0.4, -0.2) is 0 Å². The van der Waals surface area contributed by atoms with Crippen molar-refractivity contribution in [3.8, 4) is 0 Å². The van der Waals surface area contributed by atoms with Crippen LogP contribution >= 0.6 is 13.5 Å². The molecule has 0 aromatic heterocycles. The monoisotopic (exact) mass is 202 g/mol. The molecule has 0 nitrogen and oxygen atoms in total. The molecule has 72 valence electrons. The first kappa shape index (κ1) is 10.9. The first-order valence-electron chi connectivity index (χ1n) is 4.49. The van der Waals surface area contributed by atoms with Gasteiger partial charge in [-0.05, 0) is 22.8 Å². The Labute approximate surface area is 91.7 Å². The van der Waals surface area contributed by atoms with Crippen molar-refractivity contribution in [2.24, 2.45) is 0 Å². The van der Waals surface area contributed by atoms with Crippen LogP contribution in [-0.2, 0) is 6.42 Å². The topological polar surface area (TPSA) is 0 Å². The van der Waals surface area contributed by atoms with E-state index in [0.717, 1.165) is 6.42 Å². The minimum absolute atomic E-state index is 0. The molecule has 0 heterocycles. The molecule has 0 saturated carbocycles. The summed E-state index contributed by atoms with van der Waals surface area (Å²) in [7, 11) is 0. The maximum atomic E-state index is 3.76. The highest BCUT2D eigenvalue weighted by Crippen LogP contribution is 2.18. The van der Waals surface area contributed by atoms with Crippen LogP contribution in [0.5, 0.6) is 0 Å². The molecule has 0 radical (unpaired) electrons. The summed E-state index contributed by atoms with van der Waals surface area (Å²) in [6.07, 6.45) is 2.89. The molecule has 0 aliphatic rings. The summed E-state index contributed by atoms with van der Waals surface area (Å²) in [4.78, 5) is 0. The second-order valence-corrected chi connectivity index (χ2v) is 3.13. The summed E-state index contributed by atoms with van der Waals surface area (Å²) in [5.74, 6) is 0. The molecule has 0 N–H and O–H groups in total. The van der Waals surface area contributed by atoms with Gasteiger partial charge in [-0.15, -0.1) is 6.58 Å². The summed E-state index contributed by atoms with van der Waals surface area (Å²) in [6, 6.07) is 14.8. The van der Waals surface area contributed by atoms with Crippen molar-refractivity contribution in [2.75, 3.05) is 0 Å². The van der Waals surface area contributed by atoms with Gasteiger partial charge in [-0.1, -0.05) is 48.5 Å². The van der Waals surface area contributed by atoms with E-state index >= 15 is 0 Å². The molecule has 2 aromatic rings. The lowest BCUT2D eigenvalue weighted by Gasteiger charge is -2.02. The molecule has 0 aliphatic heterocycles. The van der Waals surface area contributed by atoms with E-state index in [9.17, 15) is 0 Å². The van der Waals surface area contributed by atoms with Crippen LogP contribution in [0.15, 0.2) is 55.1 Å². The molecule has 0 fully saturated rings. The number of allylic oxidation sites excluding steroid dienone is 1. The summed E-state index contributed by atoms with van der Waals surface area (Å²) in [6.45, 7) is 3.76. The standard InChI is InChI=1S/C13H12.H2S/c1-2-6-11-8-5-9-12-7-3-4-10-13(11)12;/h2-5,7-10H,1,6H2;1H2. The van der Waals surface area contributed by atoms with Crippen LogP contribution in [0.25, 0.3) is 10.8 Å². The zero-order chi connectivity index (χ0) is 9.10. The van der Waals surface area contributed by atoms with Crippen molar-refractivity contribution in [3.63, 3.8) is 0 Å². The summed E-state index contributed by atoms with van der Waals surface area (Å²) in [5, 5.41) is 2.65. The van der Waals surface area contributed by atoms with E-state index in [2.05, 4.69) is 49.0 Å². The molecule has 0 amide bonds. The molecule has 1 heteroatoms. The third kappa shape index (κ3) is 1.99. The Balaban J connectivity index is 0.000000980. The fourth-order valence-corrected chi connectivity index (χ4v) is 1.63. The highest BCUT2D eigenvalue weighted by molar-refractivity contribution is 7.59. The molecule has 0 bridgehead atoms. The van der Waals surface area contributed by atoms with Crippen molar-refractivity contribution in [1.82, 2.24) is 0 Å². The molecular formula is C13H14S. The molecule has 0 unspecified atom stereocenters. The van der Waals surface area contributed by atoms with Crippen LogP contribution in [0, 0.1) is 0 Å². The highest BCUT2D eigenvalue weighted by atomic mass is 32.1. The van der Waals surface area contributed by atoms with E-state index in [4.69, 9.17) is 0 Å². The second kappa shape index (κ2) is 4.87. The fourth-order valence-electron chi connectivity index (χ4n) is 1.63. The maximum absolute atomic E-state index is 3.76. The van der Waals surface area contributed by atoms with Gasteiger partial charge >= 0.3 is 0 Å². The third-order valence-electron chi connectivity index (χ3n) is 2.24. The molecular weight excluding hydrogens is 188 g/mol. The zero-order valence-electron chi connectivity index (χ0n) is 8.03. The Morgan fingerprint density at radius 3 is 2.50 bits per heavy atom. The largest absolute Gasteiger partial charge is 0.197 e. The van der Waals surface area contributed by atoms with E-state index in [1.54, 1.807) is 0 Å². The minimum Gasteiger partial charge on any atom is -0.197 e. The number of hydrogen-bond donors (Lipinski definition) is 0. The van der Waals surface area contributed by atoms with Gasteiger partial charge in [0.05, 0.1) is 0 Å². The molecule has 0 aliphatic carbocycles. The number of fused-ring (bicyclic) bond motifs is 1. The third-order valence-corrected chi connectivity index (χ3v) is 2.24. The predicted molar refractivity (Wildman–Crippen MR) is 68.2 cm³/mol. The molecule has 0 saturated heterocycles. The van der Waals surface area contributed by atoms with Gasteiger partial charge in [0.15, 0.2) is 0 Å². The van der Waals surface area contributed by atoms with Crippen LogP contribution in [0.2, 0.25) is 0 Å². The van der Waals surface area contributed by atoms with E-state index in [-0.39, 0.29) is 13.5 Å². The van der Waals surface area contributed by atoms with Gasteiger partial charge in [0.1, 0.15) is 0 Å². The average molecular weight is 202 g/mol. The Bertz CT molecular complexity index is 427. The summed E-state index contributed by atoms with van der Waals surface area (Å²) < 4.78 is 0. The second-order valence-electron chi connectivity index (χ2n) is 3.13. The Morgan fingerprint density at radius 1 is 1.00 bits per heavy atom. The predicted octanol–water partition coefficient (Wildman–Crippen LogP) is 3.68. The van der Waals surface area contributed by atoms with Crippen LogP contribution in [0.4, 0.5) is 0 Å². The van der Waals surface area contributed by atoms with Crippen LogP contribution in [0.3, 0.4) is 0 Å². The Hall–Kier alpha value is -1.21. The SMILES string of the molecule is C=CCc1cccc2ccccc12.S. The number of hydrogen-bond acceptors (Lipinski definition) is 0. The minimum atomic E-state index is 0. The lowest BCUT2D eigenvalue weighted by atomic mass is 10.0. The first-order valence-corrected chi connectivity index (χ1v) is 4.49. The van der Waals surface area contributed by atoms with E-state index in [1.807, 2.05) is 6.08 Å². The van der Waals surface area contributed by atoms with Gasteiger partial charge < -0.3 is 0 Å². The molecule has 2 rings (SSSR count). The molecule has 0 spiro atoms. The van der Waals surface area contributed by atoms with Gasteiger partial charge in [0.25, 0.3) is 0 Å². The zero-order valence-corrected chi connectivity index (χ0v) is 9.03. The van der Waals surface area contributed by atoms with Crippen molar-refractivity contribution in [2.45, 2.75) is 6.42 Å². The van der Waals surface area contributed by atoms with E-state index in [1.165, 1.54) is 16.3 Å². The fraction of sp³-hybridized carbons (Fsp3) is 0.0769. The molecule has 14 heavy (non-hydrogen) atoms. The van der Waals surface area contributed by atoms with E-state index < -0.39 is 0 Å². The maximum Gasteiger partial charge on any atom is -0.00940 e. The Morgan fingerprint density at radius 2 is 1.71 bits per heavy atom. The Kier molecular flexibility index (Phi) is 3.78. The highest BCUT2D eigenvalue weighted by Gasteiger charge is 1.96. The lowest BCUT2D eigenvalue weighted by molar-refractivity contribution is 1.31. The van der Waals surface area contributed by atoms with Crippen LogP contribution < -0.4 is 0 Å². The van der Waals surface area contributed by atoms with Gasteiger partial charge in [-0.3, -0.25) is 0 Å². The first-order chi connectivity index (χ1) is 6.42.